The minimum Gasteiger partial charge on any atom is -0.386 e. The van der Waals surface area contributed by atoms with Gasteiger partial charge in [-0.3, -0.25) is 0 Å². The van der Waals surface area contributed by atoms with Crippen molar-refractivity contribution in [1.29, 1.82) is 0 Å². The van der Waals surface area contributed by atoms with E-state index in [0.29, 0.717) is 22.6 Å². The fourth-order valence-electron chi connectivity index (χ4n) is 4.96. The van der Waals surface area contributed by atoms with E-state index in [-0.39, 0.29) is 31.4 Å². The number of cyclic esters (lactones) is 2. The molecule has 3 aliphatic heterocycles. The van der Waals surface area contributed by atoms with Gasteiger partial charge in [-0.05, 0) is 99.7 Å². The molecule has 4 atom stereocenters. The third-order valence-corrected chi connectivity index (χ3v) is 13.4. The minimum absolute atomic E-state index is 0. The van der Waals surface area contributed by atoms with Gasteiger partial charge in [-0.25, -0.2) is 9.59 Å². The molecule has 3 nitrogen and oxygen atoms in total. The Balaban J connectivity index is 0.000000302. The molecule has 0 aromatic heterocycles. The molecule has 4 rings (SSSR count). The third-order valence-electron chi connectivity index (χ3n) is 6.55. The molecule has 1 saturated carbocycles. The van der Waals surface area contributed by atoms with E-state index < -0.39 is 15.8 Å². The number of esters is 2. The van der Waals surface area contributed by atoms with Crippen LogP contribution in [0.3, 0.4) is 0 Å². The average molecular weight is 537 g/mol. The number of carbonyl (C=O) groups excluding carboxylic acids is 2. The van der Waals surface area contributed by atoms with Gasteiger partial charge in [0.2, 0.25) is 0 Å². The van der Waals surface area contributed by atoms with Crippen LogP contribution >= 0.6 is 15.8 Å². The van der Waals surface area contributed by atoms with Crippen molar-refractivity contribution in [2.75, 3.05) is 0 Å². The number of hydrogen-bond acceptors (Lipinski definition) is 3. The van der Waals surface area contributed by atoms with E-state index in [2.05, 4.69) is 53.4 Å². The van der Waals surface area contributed by atoms with Crippen molar-refractivity contribution in [2.45, 2.75) is 102 Å². The molecule has 0 unspecified atom stereocenters. The molecule has 0 amide bonds. The molecule has 2 saturated heterocycles. The molecule has 1 aliphatic carbocycles. The fourth-order valence-corrected chi connectivity index (χ4v) is 12.0. The molecular weight excluding hydrogens is 501 g/mol. The Morgan fingerprint density at radius 3 is 1.17 bits per heavy atom. The van der Waals surface area contributed by atoms with Gasteiger partial charge in [0.1, 0.15) is 0 Å². The standard InChI is InChI=1S/C16H24O3P2.C8H12.Rh/c1-9-5-6-10(2)20(9)13-14(16(18)19-15(13)17)21-11(3)7-8-12(21)4;1-2-4-6-8-7-5-3-1;/h9-12H,5-8H2,1-4H3;1-2,7-8H,3-6H2;/t9-,10-,11-,12-;;/m1../s1. The van der Waals surface area contributed by atoms with Crippen molar-refractivity contribution in [3.05, 3.63) is 36.3 Å². The first kappa shape index (κ1) is 26.6. The van der Waals surface area contributed by atoms with Crippen molar-refractivity contribution in [3.63, 3.8) is 0 Å². The van der Waals surface area contributed by atoms with Gasteiger partial charge in [0.05, 0.1) is 10.6 Å². The quantitative estimate of drug-likeness (QED) is 0.169. The largest absolute Gasteiger partial charge is 0.386 e. The number of hydrogen-bond donors (Lipinski definition) is 0. The Morgan fingerprint density at radius 2 is 0.900 bits per heavy atom. The zero-order valence-electron chi connectivity index (χ0n) is 18.7. The van der Waals surface area contributed by atoms with Gasteiger partial charge in [-0.2, -0.15) is 0 Å². The van der Waals surface area contributed by atoms with E-state index in [4.69, 9.17) is 4.74 Å². The summed E-state index contributed by atoms with van der Waals surface area (Å²) in [5, 5.41) is 1.67. The van der Waals surface area contributed by atoms with E-state index in [9.17, 15) is 9.59 Å². The molecule has 0 bridgehead atoms. The molecule has 4 aliphatic rings. The molecule has 0 aromatic rings. The second-order valence-corrected chi connectivity index (χ2v) is 14.9. The van der Waals surface area contributed by atoms with Crippen molar-refractivity contribution in [1.82, 2.24) is 0 Å². The molecule has 3 fully saturated rings. The summed E-state index contributed by atoms with van der Waals surface area (Å²) in [7, 11) is -1.06. The smallest absolute Gasteiger partial charge is 0.347 e. The van der Waals surface area contributed by atoms with Gasteiger partial charge in [-0.1, -0.05) is 43.5 Å². The summed E-state index contributed by atoms with van der Waals surface area (Å²) in [5.41, 5.74) is 2.17. The fraction of sp³-hybridized carbons (Fsp3) is 0.667. The van der Waals surface area contributed by atoms with Gasteiger partial charge in [0, 0.05) is 19.5 Å². The molecule has 30 heavy (non-hydrogen) atoms. The maximum atomic E-state index is 12.4. The topological polar surface area (TPSA) is 43.4 Å². The van der Waals surface area contributed by atoms with Crippen LogP contribution in [0.1, 0.15) is 79.1 Å². The zero-order chi connectivity index (χ0) is 21.0. The van der Waals surface area contributed by atoms with Crippen LogP contribution in [-0.4, -0.2) is 34.6 Å². The van der Waals surface area contributed by atoms with Crippen LogP contribution in [0.4, 0.5) is 0 Å². The van der Waals surface area contributed by atoms with Crippen molar-refractivity contribution < 1.29 is 33.8 Å². The third kappa shape index (κ3) is 6.23. The van der Waals surface area contributed by atoms with Gasteiger partial charge in [0.15, 0.2) is 0 Å². The van der Waals surface area contributed by atoms with Crippen LogP contribution in [0, 0.1) is 25.7 Å². The Bertz CT molecular complexity index is 548. The van der Waals surface area contributed by atoms with Crippen molar-refractivity contribution in [2.24, 2.45) is 0 Å². The molecule has 6 heteroatoms. The van der Waals surface area contributed by atoms with Crippen molar-refractivity contribution >= 4 is 27.8 Å². The van der Waals surface area contributed by atoms with E-state index >= 15 is 0 Å². The monoisotopic (exact) mass is 537 g/mol. The van der Waals surface area contributed by atoms with Gasteiger partial charge in [0.25, 0.3) is 0 Å². The Kier molecular flexibility index (Phi) is 11.1. The summed E-state index contributed by atoms with van der Waals surface area (Å²) in [5.74, 6) is -0.619. The second-order valence-electron chi connectivity index (χ2n) is 8.84. The summed E-state index contributed by atoms with van der Waals surface area (Å²) >= 11 is 0. The predicted octanol–water partition coefficient (Wildman–Crippen LogP) is 6.76. The Hall–Kier alpha value is 0.363. The molecule has 169 valence electrons. The van der Waals surface area contributed by atoms with E-state index in [0.717, 1.165) is 10.6 Å². The number of rotatable bonds is 2. The molecule has 0 spiro atoms. The van der Waals surface area contributed by atoms with Gasteiger partial charge < -0.3 is 4.74 Å². The van der Waals surface area contributed by atoms with Crippen LogP contribution in [0.5, 0.6) is 0 Å². The summed E-state index contributed by atoms with van der Waals surface area (Å²) in [4.78, 5) is 24.7. The van der Waals surface area contributed by atoms with E-state index in [1.807, 2.05) is 0 Å². The number of carbonyl (C=O) groups is 2. The summed E-state index contributed by atoms with van der Waals surface area (Å²) < 4.78 is 5.09. The molecule has 0 N–H and O–H groups in total. The normalized spacial score (nSPS) is 33.5. The van der Waals surface area contributed by atoms with Crippen LogP contribution in [0.15, 0.2) is 10.6 Å². The molecule has 3 heterocycles. The maximum absolute atomic E-state index is 12.4. The SMILES string of the molecule is C[C@@H]1CC[C@@H](C)P1C1=C(P2[C@H](C)CC[C@H]2C)C(=O)OC1=O.[CH]1[CH]CC[CH][CH]CC1.[Rh]. The van der Waals surface area contributed by atoms with Crippen LogP contribution < -0.4 is 0 Å². The second kappa shape index (κ2) is 12.6. The van der Waals surface area contributed by atoms with Crippen LogP contribution in [0.25, 0.3) is 0 Å². The average Bonchev–Trinajstić information content (AvgIpc) is 3.23. The molecule has 5 radical (unpaired) electrons. The van der Waals surface area contributed by atoms with Crippen LogP contribution in [-0.2, 0) is 33.8 Å². The van der Waals surface area contributed by atoms with E-state index in [1.165, 1.54) is 51.4 Å². The molecule has 0 aromatic carbocycles. The summed E-state index contributed by atoms with van der Waals surface area (Å²) in [6.07, 6.45) is 18.7. The molecular formula is C24H36O3P2Rh. The van der Waals surface area contributed by atoms with Gasteiger partial charge in [-0.15, -0.1) is 0 Å². The first-order valence-corrected chi connectivity index (χ1v) is 14.2. The summed E-state index contributed by atoms with van der Waals surface area (Å²) in [6, 6.07) is 0. The Morgan fingerprint density at radius 1 is 0.633 bits per heavy atom. The first-order valence-electron chi connectivity index (χ1n) is 11.3. The predicted molar refractivity (Wildman–Crippen MR) is 124 cm³/mol. The minimum atomic E-state index is -0.528. The van der Waals surface area contributed by atoms with E-state index in [1.54, 1.807) is 0 Å². The first-order chi connectivity index (χ1) is 13.9. The summed E-state index contributed by atoms with van der Waals surface area (Å²) in [6.45, 7) is 8.96. The Labute approximate surface area is 199 Å². The van der Waals surface area contributed by atoms with Crippen molar-refractivity contribution in [3.8, 4) is 0 Å². The zero-order valence-corrected chi connectivity index (χ0v) is 22.2. The number of ether oxygens (including phenoxy) is 1. The van der Waals surface area contributed by atoms with Crippen LogP contribution in [0.2, 0.25) is 0 Å². The van der Waals surface area contributed by atoms with Gasteiger partial charge >= 0.3 is 11.9 Å². The maximum Gasteiger partial charge on any atom is 0.347 e.